The molecule has 2 aliphatic rings. The second-order valence-corrected chi connectivity index (χ2v) is 8.47. The number of hydrogen-bond donors (Lipinski definition) is 1. The van der Waals surface area contributed by atoms with Crippen LogP contribution in [0.4, 0.5) is 10.5 Å². The number of thiol groups is 1. The molecule has 7 nitrogen and oxygen atoms in total. The fourth-order valence-electron chi connectivity index (χ4n) is 3.24. The van der Waals surface area contributed by atoms with Crippen LogP contribution in [0.5, 0.6) is 0 Å². The molecule has 3 rings (SSSR count). The third kappa shape index (κ3) is 4.29. The number of carbonyl (C=O) groups excluding carboxylic acids is 2. The van der Waals surface area contributed by atoms with Crippen molar-refractivity contribution in [3.8, 4) is 0 Å². The van der Waals surface area contributed by atoms with E-state index in [0.29, 0.717) is 26.1 Å². The van der Waals surface area contributed by atoms with E-state index in [1.165, 1.54) is 0 Å². The maximum Gasteiger partial charge on any atom is 0.410 e. The van der Waals surface area contributed by atoms with Crippen molar-refractivity contribution in [1.82, 2.24) is 14.7 Å². The van der Waals surface area contributed by atoms with Crippen LogP contribution in [0.25, 0.3) is 0 Å². The molecule has 0 N–H and O–H groups in total. The standard InChI is InChI=1S/C17H26N4O3S/c1-17(2,3)24-16(23)19-6-4-12(5-7-19)21-10-13(9-18-21)20-11-14(25)8-15(20)22/h9-10,12,14,25H,4-8,11H2,1-3H3. The summed E-state index contributed by atoms with van der Waals surface area (Å²) in [7, 11) is 0. The predicted molar refractivity (Wildman–Crippen MR) is 98.0 cm³/mol. The second kappa shape index (κ2) is 6.90. The van der Waals surface area contributed by atoms with E-state index in [2.05, 4.69) is 17.7 Å². The number of carbonyl (C=O) groups is 2. The van der Waals surface area contributed by atoms with E-state index >= 15 is 0 Å². The number of nitrogens with zero attached hydrogens (tertiary/aromatic N) is 4. The Hall–Kier alpha value is -1.70. The molecular weight excluding hydrogens is 340 g/mol. The summed E-state index contributed by atoms with van der Waals surface area (Å²) in [6, 6.07) is 0.233. The lowest BCUT2D eigenvalue weighted by molar-refractivity contribution is -0.117. The average Bonchev–Trinajstić information content (AvgIpc) is 3.12. The van der Waals surface area contributed by atoms with Crippen LogP contribution < -0.4 is 4.90 Å². The predicted octanol–water partition coefficient (Wildman–Crippen LogP) is 2.49. The lowest BCUT2D eigenvalue weighted by atomic mass is 10.1. The first-order valence-electron chi connectivity index (χ1n) is 8.73. The summed E-state index contributed by atoms with van der Waals surface area (Å²) in [5, 5.41) is 4.53. The summed E-state index contributed by atoms with van der Waals surface area (Å²) < 4.78 is 7.34. The Morgan fingerprint density at radius 1 is 1.32 bits per heavy atom. The molecule has 0 aliphatic carbocycles. The van der Waals surface area contributed by atoms with Gasteiger partial charge in [-0.3, -0.25) is 9.48 Å². The van der Waals surface area contributed by atoms with Crippen LogP contribution in [0.2, 0.25) is 0 Å². The van der Waals surface area contributed by atoms with Crippen molar-refractivity contribution in [2.45, 2.75) is 56.9 Å². The molecule has 2 aliphatic heterocycles. The molecule has 2 saturated heterocycles. The highest BCUT2D eigenvalue weighted by Crippen LogP contribution is 2.28. The van der Waals surface area contributed by atoms with E-state index in [1.807, 2.05) is 31.6 Å². The zero-order chi connectivity index (χ0) is 18.2. The molecule has 1 atom stereocenters. The highest BCUT2D eigenvalue weighted by molar-refractivity contribution is 7.81. The zero-order valence-corrected chi connectivity index (χ0v) is 15.9. The van der Waals surface area contributed by atoms with Crippen LogP contribution in [-0.2, 0) is 9.53 Å². The van der Waals surface area contributed by atoms with Crippen molar-refractivity contribution >= 4 is 30.3 Å². The Labute approximate surface area is 153 Å². The fraction of sp³-hybridized carbons (Fsp3) is 0.706. The number of hydrogen-bond acceptors (Lipinski definition) is 5. The van der Waals surface area contributed by atoms with Crippen molar-refractivity contribution < 1.29 is 14.3 Å². The number of likely N-dealkylation sites (tertiary alicyclic amines) is 1. The molecular formula is C17H26N4O3S. The summed E-state index contributed by atoms with van der Waals surface area (Å²) in [6.07, 6.45) is 5.53. The highest BCUT2D eigenvalue weighted by atomic mass is 32.1. The van der Waals surface area contributed by atoms with Crippen molar-refractivity contribution in [2.75, 3.05) is 24.5 Å². The zero-order valence-electron chi connectivity index (χ0n) is 15.0. The molecule has 1 aromatic rings. The molecule has 1 aromatic heterocycles. The van der Waals surface area contributed by atoms with Gasteiger partial charge in [-0.15, -0.1) is 0 Å². The maximum absolute atomic E-state index is 12.1. The van der Waals surface area contributed by atoms with Gasteiger partial charge >= 0.3 is 6.09 Å². The van der Waals surface area contributed by atoms with Gasteiger partial charge < -0.3 is 14.5 Å². The summed E-state index contributed by atoms with van der Waals surface area (Å²) in [5.41, 5.74) is 0.355. The van der Waals surface area contributed by atoms with Crippen LogP contribution in [-0.4, -0.2) is 57.2 Å². The Balaban J connectivity index is 1.57. The number of rotatable bonds is 2. The molecule has 0 radical (unpaired) electrons. The normalized spacial score (nSPS) is 22.6. The van der Waals surface area contributed by atoms with Crippen LogP contribution in [0, 0.1) is 0 Å². The molecule has 0 aromatic carbocycles. The highest BCUT2D eigenvalue weighted by Gasteiger charge is 2.31. The molecule has 138 valence electrons. The lowest BCUT2D eigenvalue weighted by Gasteiger charge is -2.33. The molecule has 25 heavy (non-hydrogen) atoms. The monoisotopic (exact) mass is 366 g/mol. The van der Waals surface area contributed by atoms with Gasteiger partial charge in [-0.1, -0.05) is 0 Å². The number of piperidine rings is 1. The van der Waals surface area contributed by atoms with E-state index in [4.69, 9.17) is 4.74 Å². The van der Waals surface area contributed by atoms with Crippen molar-refractivity contribution in [2.24, 2.45) is 0 Å². The van der Waals surface area contributed by atoms with Gasteiger partial charge in [-0.05, 0) is 33.6 Å². The molecule has 0 spiro atoms. The molecule has 2 amide bonds. The minimum atomic E-state index is -0.474. The van der Waals surface area contributed by atoms with Gasteiger partial charge in [0, 0.05) is 37.5 Å². The minimum Gasteiger partial charge on any atom is -0.444 e. The second-order valence-electron chi connectivity index (χ2n) is 7.74. The maximum atomic E-state index is 12.1. The number of ether oxygens (including phenoxy) is 1. The number of aromatic nitrogens is 2. The van der Waals surface area contributed by atoms with E-state index in [1.54, 1.807) is 16.0 Å². The molecule has 0 saturated carbocycles. The fourth-order valence-corrected chi connectivity index (χ4v) is 3.56. The van der Waals surface area contributed by atoms with Crippen LogP contribution in [0.15, 0.2) is 12.4 Å². The first-order chi connectivity index (χ1) is 11.7. The van der Waals surface area contributed by atoms with Gasteiger partial charge in [0.25, 0.3) is 0 Å². The van der Waals surface area contributed by atoms with E-state index < -0.39 is 5.60 Å². The van der Waals surface area contributed by atoms with Crippen LogP contribution in [0.3, 0.4) is 0 Å². The number of anilines is 1. The van der Waals surface area contributed by atoms with Crippen molar-refractivity contribution in [3.05, 3.63) is 12.4 Å². The Morgan fingerprint density at radius 2 is 2.00 bits per heavy atom. The summed E-state index contributed by atoms with van der Waals surface area (Å²) in [4.78, 5) is 27.6. The number of amides is 2. The van der Waals surface area contributed by atoms with E-state index in [0.717, 1.165) is 18.5 Å². The van der Waals surface area contributed by atoms with E-state index in [-0.39, 0.29) is 23.3 Å². The topological polar surface area (TPSA) is 67.7 Å². The Kier molecular flexibility index (Phi) is 4.99. The summed E-state index contributed by atoms with van der Waals surface area (Å²) >= 11 is 4.39. The van der Waals surface area contributed by atoms with Crippen molar-refractivity contribution in [1.29, 1.82) is 0 Å². The molecule has 0 bridgehead atoms. The molecule has 3 heterocycles. The summed E-state index contributed by atoms with van der Waals surface area (Å²) in [6.45, 7) is 7.55. The summed E-state index contributed by atoms with van der Waals surface area (Å²) in [5.74, 6) is 0.0966. The Morgan fingerprint density at radius 3 is 2.56 bits per heavy atom. The SMILES string of the molecule is CC(C)(C)OC(=O)N1CCC(n2cc(N3CC(S)CC3=O)cn2)CC1. The minimum absolute atomic E-state index is 0.0907. The molecule has 8 heteroatoms. The van der Waals surface area contributed by atoms with E-state index in [9.17, 15) is 9.59 Å². The lowest BCUT2D eigenvalue weighted by Crippen LogP contribution is -2.42. The first kappa shape index (κ1) is 18.1. The smallest absolute Gasteiger partial charge is 0.410 e. The van der Waals surface area contributed by atoms with Crippen LogP contribution in [0.1, 0.15) is 46.1 Å². The first-order valence-corrected chi connectivity index (χ1v) is 9.25. The van der Waals surface area contributed by atoms with Gasteiger partial charge in [0.15, 0.2) is 0 Å². The van der Waals surface area contributed by atoms with Gasteiger partial charge in [-0.2, -0.15) is 17.7 Å². The third-order valence-electron chi connectivity index (χ3n) is 4.49. The Bertz CT molecular complexity index is 647. The quantitative estimate of drug-likeness (QED) is 0.817. The van der Waals surface area contributed by atoms with Crippen LogP contribution >= 0.6 is 12.6 Å². The van der Waals surface area contributed by atoms with Crippen molar-refractivity contribution in [3.63, 3.8) is 0 Å². The third-order valence-corrected chi connectivity index (χ3v) is 4.84. The molecule has 1 unspecified atom stereocenters. The van der Waals surface area contributed by atoms with Gasteiger partial charge in [0.1, 0.15) is 5.60 Å². The van der Waals surface area contributed by atoms with Gasteiger partial charge in [0.05, 0.1) is 17.9 Å². The molecule has 2 fully saturated rings. The average molecular weight is 366 g/mol. The largest absolute Gasteiger partial charge is 0.444 e. The van der Waals surface area contributed by atoms with Gasteiger partial charge in [-0.25, -0.2) is 4.79 Å². The van der Waals surface area contributed by atoms with Gasteiger partial charge in [0.2, 0.25) is 5.91 Å².